The number of carbonyl (C=O) groups is 1. The van der Waals surface area contributed by atoms with E-state index in [0.717, 1.165) is 56.5 Å². The molecule has 0 bridgehead atoms. The second kappa shape index (κ2) is 10.3. The zero-order valence-corrected chi connectivity index (χ0v) is 19.5. The van der Waals surface area contributed by atoms with Gasteiger partial charge in [0.2, 0.25) is 0 Å². The van der Waals surface area contributed by atoms with Crippen LogP contribution in [0.2, 0.25) is 0 Å². The number of methoxy groups -OCH3 is 1. The molecule has 2 fully saturated rings. The van der Waals surface area contributed by atoms with Crippen molar-refractivity contribution in [3.63, 3.8) is 0 Å². The molecule has 2 aromatic rings. The Balaban J connectivity index is 1.35. The zero-order chi connectivity index (χ0) is 22.5. The first-order valence-corrected chi connectivity index (χ1v) is 11.8. The Hall–Kier alpha value is -2.60. The fraction of sp³-hybridized carbons (Fsp3) is 0.538. The molecule has 0 amide bonds. The van der Waals surface area contributed by atoms with Crippen molar-refractivity contribution in [2.45, 2.75) is 57.6 Å². The van der Waals surface area contributed by atoms with E-state index < -0.39 is 0 Å². The first kappa shape index (κ1) is 22.6. The minimum atomic E-state index is 0.147. The van der Waals surface area contributed by atoms with Crippen LogP contribution >= 0.6 is 0 Å². The summed E-state index contributed by atoms with van der Waals surface area (Å²) in [4.78, 5) is 21.0. The average Bonchev–Trinajstić information content (AvgIpc) is 3.44. The van der Waals surface area contributed by atoms with Gasteiger partial charge in [-0.15, -0.1) is 0 Å². The number of ketones is 1. The summed E-state index contributed by atoms with van der Waals surface area (Å²) in [5.41, 5.74) is 1.18. The van der Waals surface area contributed by atoms with Crippen LogP contribution in [0.5, 0.6) is 5.75 Å². The molecule has 2 saturated heterocycles. The lowest BCUT2D eigenvalue weighted by Crippen LogP contribution is -2.34. The van der Waals surface area contributed by atoms with Gasteiger partial charge in [-0.05, 0) is 55.5 Å². The van der Waals surface area contributed by atoms with Crippen LogP contribution in [0.4, 0.5) is 11.6 Å². The van der Waals surface area contributed by atoms with Gasteiger partial charge >= 0.3 is 0 Å². The van der Waals surface area contributed by atoms with Gasteiger partial charge in [-0.2, -0.15) is 0 Å². The molecular weight excluding hydrogens is 402 g/mol. The lowest BCUT2D eigenvalue weighted by atomic mass is 9.96. The van der Waals surface area contributed by atoms with E-state index in [2.05, 4.69) is 47.1 Å². The highest BCUT2D eigenvalue weighted by molar-refractivity contribution is 5.76. The smallest absolute Gasteiger partial charge is 0.131 e. The quantitative estimate of drug-likeness (QED) is 0.578. The molecule has 172 valence electrons. The van der Waals surface area contributed by atoms with Crippen LogP contribution in [-0.2, 0) is 9.53 Å². The van der Waals surface area contributed by atoms with Crippen LogP contribution in [0.3, 0.4) is 0 Å². The molecule has 0 unspecified atom stereocenters. The normalized spacial score (nSPS) is 21.7. The molecule has 3 atom stereocenters. The molecule has 0 spiro atoms. The highest BCUT2D eigenvalue weighted by atomic mass is 16.5. The average molecular weight is 438 g/mol. The van der Waals surface area contributed by atoms with Crippen molar-refractivity contribution in [2.24, 2.45) is 0 Å². The molecule has 0 radical (unpaired) electrons. The molecule has 0 N–H and O–H groups in total. The Morgan fingerprint density at radius 3 is 2.66 bits per heavy atom. The molecule has 3 heterocycles. The molecule has 4 rings (SSSR count). The van der Waals surface area contributed by atoms with E-state index in [-0.39, 0.29) is 17.8 Å². The van der Waals surface area contributed by atoms with Crippen molar-refractivity contribution < 1.29 is 14.3 Å². The molecule has 6 nitrogen and oxygen atoms in total. The lowest BCUT2D eigenvalue weighted by molar-refractivity contribution is -0.117. The number of rotatable bonds is 9. The first-order chi connectivity index (χ1) is 15.5. The number of nitrogens with zero attached hydrogens (tertiary/aromatic N) is 3. The Bertz CT molecular complexity index is 901. The molecule has 0 aliphatic carbocycles. The predicted octanol–water partition coefficient (Wildman–Crippen LogP) is 4.44. The Kier molecular flexibility index (Phi) is 7.30. The largest absolute Gasteiger partial charge is 0.489 e. The van der Waals surface area contributed by atoms with Crippen LogP contribution < -0.4 is 14.5 Å². The minimum Gasteiger partial charge on any atom is -0.489 e. The van der Waals surface area contributed by atoms with Gasteiger partial charge in [-0.3, -0.25) is 0 Å². The molecule has 6 heteroatoms. The van der Waals surface area contributed by atoms with Crippen LogP contribution in [0, 0.1) is 0 Å². The van der Waals surface area contributed by atoms with Gasteiger partial charge in [-0.1, -0.05) is 25.1 Å². The molecule has 1 aromatic heterocycles. The summed E-state index contributed by atoms with van der Waals surface area (Å²) in [5.74, 6) is 3.41. The fourth-order valence-corrected chi connectivity index (χ4v) is 4.90. The molecule has 2 aliphatic heterocycles. The van der Waals surface area contributed by atoms with Crippen LogP contribution in [-0.4, -0.2) is 56.3 Å². The Morgan fingerprint density at radius 1 is 1.12 bits per heavy atom. The summed E-state index contributed by atoms with van der Waals surface area (Å²) in [7, 11) is 1.77. The van der Waals surface area contributed by atoms with E-state index in [1.165, 1.54) is 12.0 Å². The summed E-state index contributed by atoms with van der Waals surface area (Å²) in [5, 5.41) is 0. The van der Waals surface area contributed by atoms with Crippen molar-refractivity contribution in [1.29, 1.82) is 0 Å². The Labute approximate surface area is 191 Å². The van der Waals surface area contributed by atoms with E-state index >= 15 is 0 Å². The van der Waals surface area contributed by atoms with E-state index in [1.807, 2.05) is 12.1 Å². The van der Waals surface area contributed by atoms with Crippen molar-refractivity contribution in [2.75, 3.05) is 43.2 Å². The molecular formula is C26H35N3O3. The van der Waals surface area contributed by atoms with Crippen molar-refractivity contribution >= 4 is 17.4 Å². The summed E-state index contributed by atoms with van der Waals surface area (Å²) in [6.07, 6.45) is 4.05. The van der Waals surface area contributed by atoms with Crippen LogP contribution in [0.15, 0.2) is 42.5 Å². The third-order valence-electron chi connectivity index (χ3n) is 6.56. The Morgan fingerprint density at radius 2 is 1.91 bits per heavy atom. The fourth-order valence-electron chi connectivity index (χ4n) is 4.90. The third kappa shape index (κ3) is 5.41. The van der Waals surface area contributed by atoms with Gasteiger partial charge in [0.25, 0.3) is 0 Å². The summed E-state index contributed by atoms with van der Waals surface area (Å²) in [6.45, 7) is 7.30. The molecule has 0 saturated carbocycles. The number of anilines is 2. The number of hydrogen-bond acceptors (Lipinski definition) is 6. The number of Topliss-reactive ketones (excluding diaryl/α,β-unsaturated/α-hetero) is 1. The maximum atomic E-state index is 11.4. The van der Waals surface area contributed by atoms with E-state index in [0.29, 0.717) is 12.5 Å². The third-order valence-corrected chi connectivity index (χ3v) is 6.56. The highest BCUT2D eigenvalue weighted by Crippen LogP contribution is 2.29. The topological polar surface area (TPSA) is 54.9 Å². The van der Waals surface area contributed by atoms with Gasteiger partial charge in [0.15, 0.2) is 0 Å². The van der Waals surface area contributed by atoms with Crippen molar-refractivity contribution in [3.8, 4) is 5.75 Å². The second-order valence-electron chi connectivity index (χ2n) is 9.15. The van der Waals surface area contributed by atoms with Crippen molar-refractivity contribution in [1.82, 2.24) is 4.98 Å². The summed E-state index contributed by atoms with van der Waals surface area (Å²) < 4.78 is 11.7. The number of hydrogen-bond donors (Lipinski definition) is 0. The lowest BCUT2D eigenvalue weighted by Gasteiger charge is -2.26. The van der Waals surface area contributed by atoms with Gasteiger partial charge in [0, 0.05) is 33.0 Å². The highest BCUT2D eigenvalue weighted by Gasteiger charge is 2.28. The maximum absolute atomic E-state index is 11.4. The zero-order valence-electron chi connectivity index (χ0n) is 19.5. The first-order valence-electron chi connectivity index (χ1n) is 11.8. The molecule has 32 heavy (non-hydrogen) atoms. The van der Waals surface area contributed by atoms with Crippen molar-refractivity contribution in [3.05, 3.63) is 48.0 Å². The number of pyridine rings is 1. The van der Waals surface area contributed by atoms with Gasteiger partial charge in [0.1, 0.15) is 29.3 Å². The number of benzene rings is 1. The monoisotopic (exact) mass is 437 g/mol. The molecule has 2 aliphatic rings. The van der Waals surface area contributed by atoms with E-state index in [1.54, 1.807) is 14.0 Å². The summed E-state index contributed by atoms with van der Waals surface area (Å²) in [6, 6.07) is 14.9. The van der Waals surface area contributed by atoms with Gasteiger partial charge < -0.3 is 24.1 Å². The second-order valence-corrected chi connectivity index (χ2v) is 9.15. The minimum absolute atomic E-state index is 0.147. The number of aromatic nitrogens is 1. The molecule has 1 aromatic carbocycles. The van der Waals surface area contributed by atoms with E-state index in [9.17, 15) is 4.79 Å². The number of ether oxygens (including phenoxy) is 2. The van der Waals surface area contributed by atoms with Gasteiger partial charge in [-0.25, -0.2) is 4.98 Å². The van der Waals surface area contributed by atoms with E-state index in [4.69, 9.17) is 14.5 Å². The number of carbonyl (C=O) groups excluding carboxylic acids is 1. The standard InChI is InChI=1S/C26H35N3O3/c1-19(16-20(2)30)21-9-11-23(12-10-21)32-24-13-15-28(17-24)25-7-4-8-26(27-25)29-14-5-6-22(29)18-31-3/h4,7-12,19,22,24H,5-6,13-18H2,1-3H3/t19-,22-,24-/m1/s1. The van der Waals surface area contributed by atoms with Gasteiger partial charge in [0.05, 0.1) is 19.2 Å². The van der Waals surface area contributed by atoms with Crippen LogP contribution in [0.25, 0.3) is 0 Å². The SMILES string of the molecule is COC[C@H]1CCCN1c1cccc(N2CC[C@@H](Oc3ccc([C@H](C)CC(C)=O)cc3)C2)n1. The summed E-state index contributed by atoms with van der Waals surface area (Å²) >= 11 is 0. The maximum Gasteiger partial charge on any atom is 0.131 e. The van der Waals surface area contributed by atoms with Crippen LogP contribution in [0.1, 0.15) is 51.0 Å². The predicted molar refractivity (Wildman–Crippen MR) is 128 cm³/mol.